The highest BCUT2D eigenvalue weighted by Gasteiger charge is 2.24. The van der Waals surface area contributed by atoms with Gasteiger partial charge in [0.15, 0.2) is 0 Å². The fourth-order valence-corrected chi connectivity index (χ4v) is 4.92. The van der Waals surface area contributed by atoms with Crippen molar-refractivity contribution in [3.8, 4) is 0 Å². The molecule has 0 saturated heterocycles. The summed E-state index contributed by atoms with van der Waals surface area (Å²) in [6, 6.07) is 10.8. The maximum Gasteiger partial charge on any atom is 0.274 e. The second-order valence-corrected chi connectivity index (χ2v) is 8.91. The zero-order valence-corrected chi connectivity index (χ0v) is 18.4. The predicted molar refractivity (Wildman–Crippen MR) is 122 cm³/mol. The Bertz CT molecular complexity index is 1060. The van der Waals surface area contributed by atoms with E-state index < -0.39 is 0 Å². The summed E-state index contributed by atoms with van der Waals surface area (Å²) in [5, 5.41) is 8.50. The molecule has 0 radical (unpaired) electrons. The van der Waals surface area contributed by atoms with Crippen LogP contribution in [0.5, 0.6) is 0 Å². The Morgan fingerprint density at radius 2 is 2.03 bits per heavy atom. The number of thioether (sulfide) groups is 1. The third-order valence-electron chi connectivity index (χ3n) is 5.97. The van der Waals surface area contributed by atoms with Crippen LogP contribution in [-0.4, -0.2) is 21.9 Å². The van der Waals surface area contributed by atoms with E-state index in [0.29, 0.717) is 30.1 Å². The molecule has 0 atom stereocenters. The van der Waals surface area contributed by atoms with E-state index in [9.17, 15) is 9.18 Å². The number of hydrogen-bond donors (Lipinski definition) is 1. The fraction of sp³-hybridized carbons (Fsp3) is 0.417. The van der Waals surface area contributed by atoms with E-state index in [0.717, 1.165) is 34.4 Å². The SMILES string of the molecule is CCc1cc(F)cc2nn(CC3CCCCC3)c(C(=O)Nc3cccc(SC)c3)c12. The molecule has 1 fully saturated rings. The van der Waals surface area contributed by atoms with Crippen molar-refractivity contribution in [1.82, 2.24) is 9.78 Å². The Morgan fingerprint density at radius 1 is 1.23 bits per heavy atom. The van der Waals surface area contributed by atoms with Crippen molar-refractivity contribution in [2.75, 3.05) is 11.6 Å². The van der Waals surface area contributed by atoms with Gasteiger partial charge in [-0.1, -0.05) is 32.3 Å². The van der Waals surface area contributed by atoms with Crippen LogP contribution in [0.2, 0.25) is 0 Å². The van der Waals surface area contributed by atoms with Gasteiger partial charge in [0.05, 0.1) is 5.52 Å². The number of hydrogen-bond acceptors (Lipinski definition) is 3. The number of nitrogens with one attached hydrogen (secondary N) is 1. The van der Waals surface area contributed by atoms with Gasteiger partial charge in [0, 0.05) is 28.6 Å². The van der Waals surface area contributed by atoms with Gasteiger partial charge in [-0.25, -0.2) is 4.39 Å². The van der Waals surface area contributed by atoms with Crippen LogP contribution in [0.1, 0.15) is 55.1 Å². The third-order valence-corrected chi connectivity index (χ3v) is 6.69. The molecule has 0 spiro atoms. The second-order valence-electron chi connectivity index (χ2n) is 8.03. The van der Waals surface area contributed by atoms with Crippen LogP contribution in [0.25, 0.3) is 10.9 Å². The molecular weight excluding hydrogens is 397 g/mol. The van der Waals surface area contributed by atoms with Crippen molar-refractivity contribution < 1.29 is 9.18 Å². The first-order chi connectivity index (χ1) is 14.6. The molecule has 0 bridgehead atoms. The molecule has 1 heterocycles. The molecule has 30 heavy (non-hydrogen) atoms. The van der Waals surface area contributed by atoms with Crippen molar-refractivity contribution in [3.63, 3.8) is 0 Å². The maximum absolute atomic E-state index is 14.2. The minimum atomic E-state index is -0.304. The van der Waals surface area contributed by atoms with E-state index in [1.54, 1.807) is 11.8 Å². The molecular formula is C24H28FN3OS. The van der Waals surface area contributed by atoms with E-state index in [2.05, 4.69) is 10.4 Å². The standard InChI is InChI=1S/C24H28FN3OS/c1-3-17-12-18(25)13-21-22(17)23(28(27-21)15-16-8-5-4-6-9-16)24(29)26-19-10-7-11-20(14-19)30-2/h7,10-14,16H,3-6,8-9,15H2,1-2H3,(H,26,29). The van der Waals surface area contributed by atoms with Crippen molar-refractivity contribution in [2.24, 2.45) is 5.92 Å². The summed E-state index contributed by atoms with van der Waals surface area (Å²) in [4.78, 5) is 14.5. The molecule has 1 saturated carbocycles. The highest BCUT2D eigenvalue weighted by Crippen LogP contribution is 2.30. The molecule has 0 unspecified atom stereocenters. The molecule has 4 rings (SSSR count). The van der Waals surface area contributed by atoms with Crippen LogP contribution in [-0.2, 0) is 13.0 Å². The molecule has 1 amide bonds. The zero-order valence-electron chi connectivity index (χ0n) is 17.6. The van der Waals surface area contributed by atoms with E-state index >= 15 is 0 Å². The van der Waals surface area contributed by atoms with Gasteiger partial charge < -0.3 is 5.32 Å². The zero-order chi connectivity index (χ0) is 21.1. The number of carbonyl (C=O) groups excluding carboxylic acids is 1. The average molecular weight is 426 g/mol. The maximum atomic E-state index is 14.2. The number of aromatic nitrogens is 2. The smallest absolute Gasteiger partial charge is 0.274 e. The van der Waals surface area contributed by atoms with Gasteiger partial charge in [-0.05, 0) is 61.3 Å². The Morgan fingerprint density at radius 3 is 2.77 bits per heavy atom. The average Bonchev–Trinajstić information content (AvgIpc) is 3.11. The van der Waals surface area contributed by atoms with Gasteiger partial charge in [0.2, 0.25) is 0 Å². The number of carbonyl (C=O) groups is 1. The Kier molecular flexibility index (Phi) is 6.42. The molecule has 0 aliphatic heterocycles. The highest BCUT2D eigenvalue weighted by molar-refractivity contribution is 7.98. The van der Waals surface area contributed by atoms with E-state index in [-0.39, 0.29) is 11.7 Å². The molecule has 1 N–H and O–H groups in total. The van der Waals surface area contributed by atoms with Gasteiger partial charge >= 0.3 is 0 Å². The summed E-state index contributed by atoms with van der Waals surface area (Å²) in [6.45, 7) is 2.68. The largest absolute Gasteiger partial charge is 0.321 e. The van der Waals surface area contributed by atoms with Crippen LogP contribution < -0.4 is 5.32 Å². The van der Waals surface area contributed by atoms with Gasteiger partial charge in [-0.15, -0.1) is 11.8 Å². The van der Waals surface area contributed by atoms with Crippen molar-refractivity contribution in [3.05, 3.63) is 53.5 Å². The number of amides is 1. The number of anilines is 1. The molecule has 158 valence electrons. The number of fused-ring (bicyclic) bond motifs is 1. The van der Waals surface area contributed by atoms with E-state index in [1.165, 1.54) is 31.4 Å². The summed E-state index contributed by atoms with van der Waals surface area (Å²) in [6.07, 6.45) is 8.69. The lowest BCUT2D eigenvalue weighted by Crippen LogP contribution is -2.22. The Labute approximate surface area is 181 Å². The van der Waals surface area contributed by atoms with Gasteiger partial charge in [-0.3, -0.25) is 9.48 Å². The summed E-state index contributed by atoms with van der Waals surface area (Å²) < 4.78 is 16.0. The van der Waals surface area contributed by atoms with Crippen molar-refractivity contribution >= 4 is 34.3 Å². The molecule has 4 nitrogen and oxygen atoms in total. The number of nitrogens with zero attached hydrogens (tertiary/aromatic N) is 2. The predicted octanol–water partition coefficient (Wildman–Crippen LogP) is 6.29. The lowest BCUT2D eigenvalue weighted by Gasteiger charge is -2.22. The molecule has 2 aromatic carbocycles. The summed E-state index contributed by atoms with van der Waals surface area (Å²) in [5.41, 5.74) is 2.68. The Hall–Kier alpha value is -2.34. The lowest BCUT2D eigenvalue weighted by atomic mass is 9.89. The Balaban J connectivity index is 1.76. The topological polar surface area (TPSA) is 46.9 Å². The number of benzene rings is 2. The quantitative estimate of drug-likeness (QED) is 0.472. The minimum absolute atomic E-state index is 0.187. The second kappa shape index (κ2) is 9.21. The van der Waals surface area contributed by atoms with Gasteiger partial charge in [0.1, 0.15) is 11.5 Å². The minimum Gasteiger partial charge on any atom is -0.321 e. The van der Waals surface area contributed by atoms with E-state index in [4.69, 9.17) is 0 Å². The summed E-state index contributed by atoms with van der Waals surface area (Å²) in [5.74, 6) is 0.0172. The normalized spacial score (nSPS) is 14.9. The number of rotatable bonds is 6. The van der Waals surface area contributed by atoms with Gasteiger partial charge in [0.25, 0.3) is 5.91 Å². The monoisotopic (exact) mass is 425 g/mol. The molecule has 6 heteroatoms. The highest BCUT2D eigenvalue weighted by atomic mass is 32.2. The number of aryl methyl sites for hydroxylation is 1. The fourth-order valence-electron chi connectivity index (χ4n) is 4.46. The van der Waals surface area contributed by atoms with E-state index in [1.807, 2.05) is 42.1 Å². The molecule has 1 aliphatic carbocycles. The van der Waals surface area contributed by atoms with Crippen LogP contribution in [0.4, 0.5) is 10.1 Å². The first kappa shape index (κ1) is 20.9. The third kappa shape index (κ3) is 4.38. The van der Waals surface area contributed by atoms with Crippen molar-refractivity contribution in [1.29, 1.82) is 0 Å². The molecule has 1 aromatic heterocycles. The van der Waals surface area contributed by atoms with Crippen LogP contribution >= 0.6 is 11.8 Å². The first-order valence-corrected chi connectivity index (χ1v) is 12.0. The summed E-state index contributed by atoms with van der Waals surface area (Å²) in [7, 11) is 0. The molecule has 3 aromatic rings. The van der Waals surface area contributed by atoms with Crippen LogP contribution in [0, 0.1) is 11.7 Å². The molecule has 1 aliphatic rings. The summed E-state index contributed by atoms with van der Waals surface area (Å²) >= 11 is 1.63. The lowest BCUT2D eigenvalue weighted by molar-refractivity contribution is 0.101. The number of halogens is 1. The van der Waals surface area contributed by atoms with Gasteiger partial charge in [-0.2, -0.15) is 5.10 Å². The van der Waals surface area contributed by atoms with Crippen LogP contribution in [0.15, 0.2) is 41.3 Å². The first-order valence-electron chi connectivity index (χ1n) is 10.7. The van der Waals surface area contributed by atoms with Crippen molar-refractivity contribution in [2.45, 2.75) is 56.9 Å². The van der Waals surface area contributed by atoms with Crippen LogP contribution in [0.3, 0.4) is 0 Å².